The minimum Gasteiger partial charge on any atom is -0.461 e. The predicted molar refractivity (Wildman–Crippen MR) is 418 cm³/mol. The molecule has 5 heterocycles. The highest BCUT2D eigenvalue weighted by atomic mass is 35.5. The van der Waals surface area contributed by atoms with Gasteiger partial charge >= 0.3 is 17.9 Å². The zero-order valence-corrected chi connectivity index (χ0v) is 63.3. The Morgan fingerprint density at radius 1 is 0.533 bits per heavy atom. The number of rotatable bonds is 32. The highest BCUT2D eigenvalue weighted by Gasteiger charge is 2.32. The number of likely N-dealkylation sites (tertiary alicyclic amines) is 1. The lowest BCUT2D eigenvalue weighted by Gasteiger charge is -2.22. The van der Waals surface area contributed by atoms with E-state index in [1.165, 1.54) is 6.92 Å². The standard InChI is InChI=1S/C33H42ClN3O5.C29H33ClN4O3.C19H23ClN4O2/c1-33(2,3)42-31(39)21-25(13-8-5-9-14-30(38)41-23-24-11-6-4-7-12-24)32(40)37-19-10-18-35-28-17-20-36-29-22-26(34)15-16-27(28)29;1-29(2,3)37-27(35)16-19(15-20-18-34-24-8-5-4-7-22(20)24)28(36)33-13-6-12-31-25-11-14-32-26-17-21(30)9-10-23(25)26;1-13(25)24-11-2-4-18(24)19(26)23-9-3-8-21-16-7-10-22-17-12-14(20)5-6-15(16)17/h4,6-7,11-12,15-17,20,22,25H,5,8-10,13-14,18-19,21,23H2,1-3H3,(H,35,36)(H,37,40);4-5,7-11,14,17-19,34H,6,12-13,15-16H2,1-3H3,(H,31,32)(H,33,36);5-7,10,12,18H,2-4,8-9,11H2,1H3,(H,21,22)(H,23,26). The molecule has 1 fully saturated rings. The van der Waals surface area contributed by atoms with E-state index in [-0.39, 0.29) is 61.1 Å². The number of carbonyl (C=O) groups excluding carboxylic acids is 7. The molecule has 4 amide bonds. The summed E-state index contributed by atoms with van der Waals surface area (Å²) in [5, 5.41) is 25.1. The molecular weight excluding hydrogens is 1390 g/mol. The SMILES string of the molecule is CC(=O)N1CCCC1C(=O)NCCCNc1ccnc2cc(Cl)ccc12.CC(C)(C)OC(=O)CC(CCCCCC(=O)OCc1ccccc1)C(=O)NCCCNc1ccnc2cc(Cl)ccc12.CC(C)(C)OC(=O)CC(Cc1c[nH]c2ccccc12)C(=O)NCCCNc1ccnc2cc(Cl)ccc12. The molecule has 3 unspecified atom stereocenters. The van der Waals surface area contributed by atoms with E-state index in [1.807, 2.05) is 175 Å². The number of H-pyrrole nitrogens is 1. The highest BCUT2D eigenvalue weighted by Crippen LogP contribution is 2.29. The van der Waals surface area contributed by atoms with Crippen molar-refractivity contribution < 1.29 is 47.8 Å². The zero-order valence-electron chi connectivity index (χ0n) is 61.0. The van der Waals surface area contributed by atoms with Crippen molar-refractivity contribution in [2.45, 2.75) is 156 Å². The van der Waals surface area contributed by atoms with Gasteiger partial charge in [-0.15, -0.1) is 0 Å². The molecule has 5 aromatic carbocycles. The van der Waals surface area contributed by atoms with Gasteiger partial charge in [-0.25, -0.2) is 0 Å². The van der Waals surface area contributed by atoms with E-state index in [4.69, 9.17) is 49.0 Å². The summed E-state index contributed by atoms with van der Waals surface area (Å²) in [4.78, 5) is 105. The fourth-order valence-corrected chi connectivity index (χ4v) is 12.7. The van der Waals surface area contributed by atoms with Crippen molar-refractivity contribution >= 4 is 137 Å². The minimum atomic E-state index is -0.619. The molecule has 0 bridgehead atoms. The Balaban J connectivity index is 0.000000204. The van der Waals surface area contributed by atoms with Crippen molar-refractivity contribution in [3.63, 3.8) is 0 Å². The van der Waals surface area contributed by atoms with Crippen LogP contribution in [0.3, 0.4) is 0 Å². The lowest BCUT2D eigenvalue weighted by atomic mass is 9.94. The molecule has 1 aliphatic heterocycles. The summed E-state index contributed by atoms with van der Waals surface area (Å²) in [5.41, 5.74) is 7.15. The number of para-hydroxylation sites is 1. The molecule has 0 radical (unpaired) electrons. The first-order valence-corrected chi connectivity index (χ1v) is 37.1. The first-order chi connectivity index (χ1) is 50.4. The first kappa shape index (κ1) is 81.1. The van der Waals surface area contributed by atoms with E-state index in [0.717, 1.165) is 110 Å². The van der Waals surface area contributed by atoms with Gasteiger partial charge in [-0.3, -0.25) is 48.5 Å². The highest BCUT2D eigenvalue weighted by molar-refractivity contribution is 6.32. The fraction of sp³-hybridized carbons (Fsp3) is 0.407. The van der Waals surface area contributed by atoms with Gasteiger partial charge in [0, 0.05) is 149 Å². The number of fused-ring (bicyclic) bond motifs is 4. The van der Waals surface area contributed by atoms with E-state index in [1.54, 1.807) is 23.5 Å². The fourth-order valence-electron chi connectivity index (χ4n) is 12.2. The lowest BCUT2D eigenvalue weighted by Crippen LogP contribution is -2.45. The molecule has 9 aromatic rings. The number of pyridine rings is 3. The van der Waals surface area contributed by atoms with E-state index >= 15 is 0 Å². The Labute approximate surface area is 629 Å². The number of anilines is 3. The third-order valence-electron chi connectivity index (χ3n) is 17.2. The number of benzene rings is 5. The molecule has 1 aliphatic rings. The first-order valence-electron chi connectivity index (χ1n) is 36.0. The van der Waals surface area contributed by atoms with E-state index < -0.39 is 29.0 Å². The number of ether oxygens (including phenoxy) is 3. The van der Waals surface area contributed by atoms with Gasteiger partial charge in [0.25, 0.3) is 0 Å². The van der Waals surface area contributed by atoms with Gasteiger partial charge in [-0.2, -0.15) is 0 Å². The summed E-state index contributed by atoms with van der Waals surface area (Å²) in [6.07, 6.45) is 14.5. The molecular formula is C81H98Cl3N11O10. The predicted octanol–water partition coefficient (Wildman–Crippen LogP) is 15.5. The quantitative estimate of drug-likeness (QED) is 0.0117. The summed E-state index contributed by atoms with van der Waals surface area (Å²) >= 11 is 18.2. The van der Waals surface area contributed by atoms with Gasteiger partial charge in [-0.05, 0) is 183 Å². The van der Waals surface area contributed by atoms with Crippen molar-refractivity contribution in [2.24, 2.45) is 11.8 Å². The van der Waals surface area contributed by atoms with Gasteiger partial charge < -0.3 is 56.0 Å². The molecule has 21 nitrogen and oxygen atoms in total. The molecule has 0 aliphatic carbocycles. The smallest absolute Gasteiger partial charge is 0.307 e. The zero-order chi connectivity index (χ0) is 75.3. The second-order valence-corrected chi connectivity index (χ2v) is 29.2. The van der Waals surface area contributed by atoms with Crippen LogP contribution >= 0.6 is 34.8 Å². The van der Waals surface area contributed by atoms with Crippen molar-refractivity contribution in [3.05, 3.63) is 178 Å². The van der Waals surface area contributed by atoms with Crippen LogP contribution in [-0.4, -0.2) is 129 Å². The maximum atomic E-state index is 13.2. The summed E-state index contributed by atoms with van der Waals surface area (Å²) in [6, 6.07) is 39.8. The van der Waals surface area contributed by atoms with Crippen molar-refractivity contribution in [1.82, 2.24) is 40.8 Å². The molecule has 3 atom stereocenters. The van der Waals surface area contributed by atoms with Gasteiger partial charge in [0.15, 0.2) is 0 Å². The van der Waals surface area contributed by atoms with Gasteiger partial charge in [0.1, 0.15) is 23.9 Å². The largest absolute Gasteiger partial charge is 0.461 e. The van der Waals surface area contributed by atoms with E-state index in [9.17, 15) is 33.6 Å². The Kier molecular flexibility index (Phi) is 31.4. The third-order valence-corrected chi connectivity index (χ3v) is 17.9. The summed E-state index contributed by atoms with van der Waals surface area (Å²) in [5.74, 6) is -2.43. The number of unbranched alkanes of at least 4 members (excludes halogenated alkanes) is 2. The molecule has 558 valence electrons. The van der Waals surface area contributed by atoms with Crippen molar-refractivity contribution in [1.29, 1.82) is 0 Å². The second-order valence-electron chi connectivity index (χ2n) is 27.9. The van der Waals surface area contributed by atoms with E-state index in [0.29, 0.717) is 92.9 Å². The molecule has 0 saturated carbocycles. The normalized spacial score (nSPS) is 13.3. The van der Waals surface area contributed by atoms with Crippen molar-refractivity contribution in [3.8, 4) is 0 Å². The van der Waals surface area contributed by atoms with E-state index in [2.05, 4.69) is 51.8 Å². The summed E-state index contributed by atoms with van der Waals surface area (Å²) < 4.78 is 16.3. The van der Waals surface area contributed by atoms with Crippen LogP contribution in [0.2, 0.25) is 15.1 Å². The molecule has 24 heteroatoms. The van der Waals surface area contributed by atoms with Gasteiger partial charge in [0.05, 0.1) is 35.3 Å². The van der Waals surface area contributed by atoms with Crippen LogP contribution in [0.4, 0.5) is 17.1 Å². The summed E-state index contributed by atoms with van der Waals surface area (Å²) in [6.45, 7) is 16.9. The number of halogens is 3. The summed E-state index contributed by atoms with van der Waals surface area (Å²) in [7, 11) is 0. The molecule has 10 rings (SSSR count). The van der Waals surface area contributed by atoms with Crippen LogP contribution in [0, 0.1) is 11.8 Å². The maximum absolute atomic E-state index is 13.2. The Morgan fingerprint density at radius 2 is 1.01 bits per heavy atom. The number of carbonyl (C=O) groups is 7. The number of nitrogens with zero attached hydrogens (tertiary/aromatic N) is 4. The number of esters is 3. The third kappa shape index (κ3) is 27.1. The molecule has 7 N–H and O–H groups in total. The van der Waals surface area contributed by atoms with Crippen LogP contribution in [0.1, 0.15) is 137 Å². The number of aromatic amines is 1. The molecule has 0 spiro atoms. The van der Waals surface area contributed by atoms with Gasteiger partial charge in [-0.1, -0.05) is 96.2 Å². The average Bonchev–Trinajstić information content (AvgIpc) is 1.48. The Morgan fingerprint density at radius 3 is 1.51 bits per heavy atom. The minimum absolute atomic E-state index is 0.0199. The second kappa shape index (κ2) is 40.6. The Hall–Kier alpha value is -9.57. The Bertz CT molecular complexity index is 4370. The number of amides is 4. The van der Waals surface area contributed by atoms with Gasteiger partial charge in [0.2, 0.25) is 23.6 Å². The van der Waals surface area contributed by atoms with Crippen molar-refractivity contribution in [2.75, 3.05) is 61.8 Å². The topological polar surface area (TPSA) is 277 Å². The molecule has 1 saturated heterocycles. The van der Waals surface area contributed by atoms with Crippen LogP contribution in [0.5, 0.6) is 0 Å². The number of hydrogen-bond donors (Lipinski definition) is 7. The monoisotopic (exact) mass is 1490 g/mol. The lowest BCUT2D eigenvalue weighted by molar-refractivity contribution is -0.158. The van der Waals surface area contributed by atoms with Crippen LogP contribution in [-0.2, 0) is 60.8 Å². The maximum Gasteiger partial charge on any atom is 0.307 e. The van der Waals surface area contributed by atoms with Crippen LogP contribution in [0.15, 0.2) is 152 Å². The molecule has 105 heavy (non-hydrogen) atoms. The van der Waals surface area contributed by atoms with Crippen LogP contribution in [0.25, 0.3) is 43.6 Å². The number of nitrogens with one attached hydrogen (secondary N) is 7. The number of aromatic nitrogens is 4. The average molecular weight is 1490 g/mol. The molecule has 4 aromatic heterocycles. The van der Waals surface area contributed by atoms with Crippen LogP contribution < -0.4 is 31.9 Å². The number of hydrogen-bond acceptors (Lipinski definition) is 16.